The average Bonchev–Trinajstić information content (AvgIpc) is 2.34. The molecule has 0 amide bonds. The number of halogens is 3. The van der Waals surface area contributed by atoms with Crippen molar-refractivity contribution in [2.24, 2.45) is 5.73 Å². The summed E-state index contributed by atoms with van der Waals surface area (Å²) >= 11 is 0. The number of rotatable bonds is 7. The summed E-state index contributed by atoms with van der Waals surface area (Å²) in [4.78, 5) is 2.19. The highest BCUT2D eigenvalue weighted by Crippen LogP contribution is 2.23. The monoisotopic (exact) mass is 276 g/mol. The molecule has 0 aliphatic heterocycles. The topological polar surface area (TPSA) is 38.5 Å². The highest BCUT2D eigenvalue weighted by atomic mass is 19.4. The van der Waals surface area contributed by atoms with Crippen molar-refractivity contribution in [2.75, 3.05) is 19.6 Å². The van der Waals surface area contributed by atoms with Crippen molar-refractivity contribution in [1.29, 1.82) is 0 Å². The molecule has 0 saturated carbocycles. The first-order valence-corrected chi connectivity index (χ1v) is 6.21. The van der Waals surface area contributed by atoms with Gasteiger partial charge in [-0.15, -0.1) is 13.2 Å². The first-order valence-electron chi connectivity index (χ1n) is 6.21. The highest BCUT2D eigenvalue weighted by molar-refractivity contribution is 5.27. The predicted molar refractivity (Wildman–Crippen MR) is 67.7 cm³/mol. The molecule has 1 aromatic carbocycles. The van der Waals surface area contributed by atoms with Crippen LogP contribution in [-0.4, -0.2) is 30.9 Å². The van der Waals surface area contributed by atoms with Crippen molar-refractivity contribution in [2.45, 2.75) is 26.3 Å². The molecule has 1 rings (SSSR count). The Hall–Kier alpha value is -1.27. The molecule has 0 spiro atoms. The Kier molecular flexibility index (Phi) is 6.11. The largest absolute Gasteiger partial charge is 0.573 e. The fourth-order valence-electron chi connectivity index (χ4n) is 1.72. The van der Waals surface area contributed by atoms with Crippen LogP contribution in [0, 0.1) is 0 Å². The summed E-state index contributed by atoms with van der Waals surface area (Å²) in [6.45, 7) is 5.13. The predicted octanol–water partition coefficient (Wildman–Crippen LogP) is 2.76. The van der Waals surface area contributed by atoms with Gasteiger partial charge in [0.05, 0.1) is 0 Å². The molecule has 0 aliphatic rings. The molecule has 2 N–H and O–H groups in total. The minimum absolute atomic E-state index is 0.193. The quantitative estimate of drug-likeness (QED) is 0.832. The number of hydrogen-bond acceptors (Lipinski definition) is 3. The van der Waals surface area contributed by atoms with Gasteiger partial charge in [0.2, 0.25) is 0 Å². The number of nitrogens with two attached hydrogens (primary N) is 1. The number of nitrogens with zero attached hydrogens (tertiary/aromatic N) is 1. The van der Waals surface area contributed by atoms with Crippen molar-refractivity contribution in [3.8, 4) is 5.75 Å². The number of ether oxygens (including phenoxy) is 1. The number of benzene rings is 1. The van der Waals surface area contributed by atoms with Crippen molar-refractivity contribution in [1.82, 2.24) is 4.90 Å². The maximum absolute atomic E-state index is 12.0. The second-order valence-corrected chi connectivity index (χ2v) is 4.20. The molecular formula is C13H19F3N2O. The van der Waals surface area contributed by atoms with E-state index in [0.717, 1.165) is 25.1 Å². The SMILES string of the molecule is CCN(CCCN)Cc1ccc(OC(F)(F)F)cc1. The summed E-state index contributed by atoms with van der Waals surface area (Å²) < 4.78 is 39.8. The summed E-state index contributed by atoms with van der Waals surface area (Å²) in [5, 5.41) is 0. The summed E-state index contributed by atoms with van der Waals surface area (Å²) in [5.74, 6) is -0.193. The molecule has 0 aromatic heterocycles. The fraction of sp³-hybridized carbons (Fsp3) is 0.538. The highest BCUT2D eigenvalue weighted by Gasteiger charge is 2.30. The van der Waals surface area contributed by atoms with E-state index in [1.807, 2.05) is 6.92 Å². The molecule has 0 aliphatic carbocycles. The molecule has 3 nitrogen and oxygen atoms in total. The van der Waals surface area contributed by atoms with E-state index in [2.05, 4.69) is 9.64 Å². The van der Waals surface area contributed by atoms with Crippen LogP contribution < -0.4 is 10.5 Å². The molecule has 0 atom stereocenters. The fourth-order valence-corrected chi connectivity index (χ4v) is 1.72. The minimum atomic E-state index is -4.64. The van der Waals surface area contributed by atoms with Crippen LogP contribution in [0.2, 0.25) is 0 Å². The van der Waals surface area contributed by atoms with Gasteiger partial charge >= 0.3 is 6.36 Å². The normalized spacial score (nSPS) is 11.9. The third-order valence-corrected chi connectivity index (χ3v) is 2.69. The van der Waals surface area contributed by atoms with Crippen molar-refractivity contribution in [3.05, 3.63) is 29.8 Å². The van der Waals surface area contributed by atoms with Crippen molar-refractivity contribution >= 4 is 0 Å². The smallest absolute Gasteiger partial charge is 0.406 e. The van der Waals surface area contributed by atoms with E-state index in [0.29, 0.717) is 13.1 Å². The molecule has 1 aromatic rings. The lowest BCUT2D eigenvalue weighted by Gasteiger charge is -2.20. The first kappa shape index (κ1) is 15.8. The van der Waals surface area contributed by atoms with Gasteiger partial charge in [0.15, 0.2) is 0 Å². The Morgan fingerprint density at radius 2 is 1.84 bits per heavy atom. The van der Waals surface area contributed by atoms with E-state index in [1.165, 1.54) is 12.1 Å². The third kappa shape index (κ3) is 6.45. The molecular weight excluding hydrogens is 257 g/mol. The van der Waals surface area contributed by atoms with E-state index < -0.39 is 6.36 Å². The molecule has 0 saturated heterocycles. The van der Waals surface area contributed by atoms with Crippen LogP contribution >= 0.6 is 0 Å². The Bertz CT molecular complexity index is 365. The molecule has 6 heteroatoms. The zero-order chi connectivity index (χ0) is 14.3. The maximum atomic E-state index is 12.0. The van der Waals surface area contributed by atoms with E-state index in [9.17, 15) is 13.2 Å². The zero-order valence-corrected chi connectivity index (χ0v) is 10.9. The van der Waals surface area contributed by atoms with Crippen LogP contribution in [0.5, 0.6) is 5.75 Å². The average molecular weight is 276 g/mol. The van der Waals surface area contributed by atoms with E-state index in [1.54, 1.807) is 12.1 Å². The van der Waals surface area contributed by atoms with Gasteiger partial charge in [0.25, 0.3) is 0 Å². The van der Waals surface area contributed by atoms with Crippen LogP contribution in [0.4, 0.5) is 13.2 Å². The van der Waals surface area contributed by atoms with Gasteiger partial charge in [0.1, 0.15) is 5.75 Å². The summed E-state index contributed by atoms with van der Waals surface area (Å²) in [7, 11) is 0. The van der Waals surface area contributed by atoms with Gasteiger partial charge in [-0.05, 0) is 43.8 Å². The van der Waals surface area contributed by atoms with Gasteiger partial charge in [-0.25, -0.2) is 0 Å². The van der Waals surface area contributed by atoms with Crippen LogP contribution in [0.3, 0.4) is 0 Å². The Labute approximate surface area is 111 Å². The van der Waals surface area contributed by atoms with Crippen LogP contribution in [-0.2, 0) is 6.54 Å². The minimum Gasteiger partial charge on any atom is -0.406 e. The molecule has 0 heterocycles. The Morgan fingerprint density at radius 3 is 2.32 bits per heavy atom. The van der Waals surface area contributed by atoms with Crippen molar-refractivity contribution in [3.63, 3.8) is 0 Å². The van der Waals surface area contributed by atoms with Gasteiger partial charge in [-0.2, -0.15) is 0 Å². The molecule has 0 bridgehead atoms. The lowest BCUT2D eigenvalue weighted by Crippen LogP contribution is -2.25. The summed E-state index contributed by atoms with van der Waals surface area (Å²) in [6.07, 6.45) is -3.73. The lowest BCUT2D eigenvalue weighted by molar-refractivity contribution is -0.274. The molecule has 0 fully saturated rings. The number of alkyl halides is 3. The Balaban J connectivity index is 2.55. The van der Waals surface area contributed by atoms with Gasteiger partial charge in [0, 0.05) is 6.54 Å². The molecule has 0 unspecified atom stereocenters. The second-order valence-electron chi connectivity index (χ2n) is 4.20. The van der Waals surface area contributed by atoms with E-state index in [4.69, 9.17) is 5.73 Å². The van der Waals surface area contributed by atoms with Crippen LogP contribution in [0.1, 0.15) is 18.9 Å². The van der Waals surface area contributed by atoms with E-state index >= 15 is 0 Å². The van der Waals surface area contributed by atoms with Gasteiger partial charge < -0.3 is 10.5 Å². The zero-order valence-electron chi connectivity index (χ0n) is 10.9. The van der Waals surface area contributed by atoms with Crippen LogP contribution in [0.25, 0.3) is 0 Å². The second kappa shape index (κ2) is 7.35. The maximum Gasteiger partial charge on any atom is 0.573 e. The molecule has 0 radical (unpaired) electrons. The van der Waals surface area contributed by atoms with E-state index in [-0.39, 0.29) is 5.75 Å². The summed E-state index contributed by atoms with van der Waals surface area (Å²) in [5.41, 5.74) is 6.41. The van der Waals surface area contributed by atoms with Gasteiger partial charge in [-0.3, -0.25) is 4.90 Å². The molecule has 19 heavy (non-hydrogen) atoms. The molecule has 108 valence electrons. The van der Waals surface area contributed by atoms with Crippen LogP contribution in [0.15, 0.2) is 24.3 Å². The van der Waals surface area contributed by atoms with Gasteiger partial charge in [-0.1, -0.05) is 19.1 Å². The standard InChI is InChI=1S/C13H19F3N2O/c1-2-18(9-3-8-17)10-11-4-6-12(7-5-11)19-13(14,15)16/h4-7H,2-3,8-10,17H2,1H3. The summed E-state index contributed by atoms with van der Waals surface area (Å²) in [6, 6.07) is 5.96. The first-order chi connectivity index (χ1) is 8.94. The lowest BCUT2D eigenvalue weighted by atomic mass is 10.2. The number of hydrogen-bond donors (Lipinski definition) is 1. The Morgan fingerprint density at radius 1 is 1.21 bits per heavy atom. The third-order valence-electron chi connectivity index (χ3n) is 2.69. The van der Waals surface area contributed by atoms with Crippen molar-refractivity contribution < 1.29 is 17.9 Å².